The number of nitrogens with zero attached hydrogens (tertiary/aromatic N) is 2. The molecule has 2 amide bonds. The molecule has 0 aliphatic rings. The van der Waals surface area contributed by atoms with E-state index < -0.39 is 28.5 Å². The minimum Gasteiger partial charge on any atom is -0.355 e. The minimum atomic E-state index is -4.13. The number of likely N-dealkylation sites (N-methyl/N-ethyl adjacent to an activating group) is 1. The van der Waals surface area contributed by atoms with E-state index >= 15 is 0 Å². The van der Waals surface area contributed by atoms with Gasteiger partial charge in [-0.25, -0.2) is 8.42 Å². The molecule has 3 rings (SSSR count). The lowest BCUT2D eigenvalue weighted by molar-refractivity contribution is -0.139. The lowest BCUT2D eigenvalue weighted by atomic mass is 10.1. The van der Waals surface area contributed by atoms with E-state index in [9.17, 15) is 18.0 Å². The normalized spacial score (nSPS) is 12.1. The van der Waals surface area contributed by atoms with Gasteiger partial charge in [0.15, 0.2) is 0 Å². The molecule has 1 N–H and O–H groups in total. The molecular formula is C29H33Cl2N3O4S. The molecule has 0 heterocycles. The van der Waals surface area contributed by atoms with Crippen LogP contribution in [0.1, 0.15) is 36.1 Å². The minimum absolute atomic E-state index is 0.0271. The molecule has 0 aromatic heterocycles. The highest BCUT2D eigenvalue weighted by Crippen LogP contribution is 2.28. The van der Waals surface area contributed by atoms with Crippen LogP contribution in [0.4, 0.5) is 5.69 Å². The number of anilines is 1. The second-order valence-electron chi connectivity index (χ2n) is 9.51. The van der Waals surface area contributed by atoms with Gasteiger partial charge in [-0.3, -0.25) is 13.9 Å². The molecule has 0 radical (unpaired) electrons. The van der Waals surface area contributed by atoms with Crippen LogP contribution in [-0.2, 0) is 26.2 Å². The Hall–Kier alpha value is -3.07. The number of nitrogens with one attached hydrogen (secondary N) is 1. The molecular weight excluding hydrogens is 557 g/mol. The predicted molar refractivity (Wildman–Crippen MR) is 157 cm³/mol. The van der Waals surface area contributed by atoms with Gasteiger partial charge in [-0.15, -0.1) is 0 Å². The van der Waals surface area contributed by atoms with Crippen molar-refractivity contribution in [1.29, 1.82) is 0 Å². The maximum atomic E-state index is 13.9. The van der Waals surface area contributed by atoms with Crippen molar-refractivity contribution < 1.29 is 18.0 Å². The van der Waals surface area contributed by atoms with Gasteiger partial charge in [-0.1, -0.05) is 53.0 Å². The van der Waals surface area contributed by atoms with E-state index in [0.717, 1.165) is 21.0 Å². The number of sulfonamides is 1. The Morgan fingerprint density at radius 2 is 1.49 bits per heavy atom. The van der Waals surface area contributed by atoms with Crippen molar-refractivity contribution in [3.63, 3.8) is 0 Å². The summed E-state index contributed by atoms with van der Waals surface area (Å²) in [6.45, 7) is 8.89. The molecule has 0 fully saturated rings. The molecule has 0 aliphatic carbocycles. The standard InChI is InChI=1S/C29H33Cl2N3O4S/c1-6-32-29(36)22(5)33(17-23-9-12-26(30)27(31)16-23)28(35)18-34(24-14-20(3)13-21(4)15-24)39(37,38)25-10-7-19(2)8-11-25/h7-16,22H,6,17-18H2,1-5H3,(H,32,36)/t22-/m0/s1. The van der Waals surface area contributed by atoms with Crippen molar-refractivity contribution in [1.82, 2.24) is 10.2 Å². The molecule has 0 aliphatic heterocycles. The van der Waals surface area contributed by atoms with E-state index in [-0.39, 0.29) is 17.3 Å². The number of rotatable bonds is 10. The number of halogens is 2. The summed E-state index contributed by atoms with van der Waals surface area (Å²) >= 11 is 12.3. The average Bonchev–Trinajstić information content (AvgIpc) is 2.87. The highest BCUT2D eigenvalue weighted by atomic mass is 35.5. The van der Waals surface area contributed by atoms with E-state index in [1.165, 1.54) is 17.0 Å². The average molecular weight is 591 g/mol. The molecule has 7 nitrogen and oxygen atoms in total. The van der Waals surface area contributed by atoms with Gasteiger partial charge in [-0.2, -0.15) is 0 Å². The summed E-state index contributed by atoms with van der Waals surface area (Å²) in [6, 6.07) is 15.9. The topological polar surface area (TPSA) is 86.8 Å². The molecule has 1 atom stereocenters. The lowest BCUT2D eigenvalue weighted by Gasteiger charge is -2.32. The first-order valence-corrected chi connectivity index (χ1v) is 14.7. The lowest BCUT2D eigenvalue weighted by Crippen LogP contribution is -2.51. The van der Waals surface area contributed by atoms with Gasteiger partial charge in [0, 0.05) is 13.1 Å². The molecule has 0 saturated heterocycles. The molecule has 208 valence electrons. The van der Waals surface area contributed by atoms with E-state index in [1.54, 1.807) is 56.3 Å². The number of carbonyl (C=O) groups excluding carboxylic acids is 2. The highest BCUT2D eigenvalue weighted by Gasteiger charge is 2.32. The van der Waals surface area contributed by atoms with Gasteiger partial charge in [-0.05, 0) is 87.7 Å². The van der Waals surface area contributed by atoms with E-state index in [4.69, 9.17) is 23.2 Å². The molecule has 0 saturated carbocycles. The molecule has 10 heteroatoms. The quantitative estimate of drug-likeness (QED) is 0.330. The zero-order chi connectivity index (χ0) is 28.9. The Balaban J connectivity index is 2.07. The zero-order valence-electron chi connectivity index (χ0n) is 22.7. The van der Waals surface area contributed by atoms with Crippen molar-refractivity contribution in [3.05, 3.63) is 93.0 Å². The van der Waals surface area contributed by atoms with Crippen LogP contribution < -0.4 is 9.62 Å². The van der Waals surface area contributed by atoms with Gasteiger partial charge in [0.1, 0.15) is 12.6 Å². The zero-order valence-corrected chi connectivity index (χ0v) is 25.0. The molecule has 3 aromatic rings. The Morgan fingerprint density at radius 3 is 2.05 bits per heavy atom. The maximum absolute atomic E-state index is 13.9. The Morgan fingerprint density at radius 1 is 0.872 bits per heavy atom. The third kappa shape index (κ3) is 7.53. The summed E-state index contributed by atoms with van der Waals surface area (Å²) in [5.41, 5.74) is 3.62. The van der Waals surface area contributed by atoms with Crippen molar-refractivity contribution in [3.8, 4) is 0 Å². The third-order valence-corrected chi connectivity index (χ3v) is 8.76. The molecule has 3 aromatic carbocycles. The fourth-order valence-corrected chi connectivity index (χ4v) is 5.92. The first-order chi connectivity index (χ1) is 18.3. The summed E-state index contributed by atoms with van der Waals surface area (Å²) in [4.78, 5) is 28.1. The third-order valence-electron chi connectivity index (χ3n) is 6.24. The Bertz CT molecular complexity index is 1440. The number of amides is 2. The van der Waals surface area contributed by atoms with Crippen molar-refractivity contribution in [2.24, 2.45) is 0 Å². The van der Waals surface area contributed by atoms with Crippen LogP contribution in [0.3, 0.4) is 0 Å². The van der Waals surface area contributed by atoms with Gasteiger partial charge in [0.25, 0.3) is 10.0 Å². The molecule has 0 bridgehead atoms. The van der Waals surface area contributed by atoms with Crippen molar-refractivity contribution >= 4 is 50.7 Å². The van der Waals surface area contributed by atoms with Crippen LogP contribution >= 0.6 is 23.2 Å². The van der Waals surface area contributed by atoms with E-state index in [1.807, 2.05) is 26.8 Å². The van der Waals surface area contributed by atoms with E-state index in [0.29, 0.717) is 27.8 Å². The summed E-state index contributed by atoms with van der Waals surface area (Å²) in [7, 11) is -4.13. The SMILES string of the molecule is CCNC(=O)[C@H](C)N(Cc1ccc(Cl)c(Cl)c1)C(=O)CN(c1cc(C)cc(C)c1)S(=O)(=O)c1ccc(C)cc1. The first-order valence-electron chi connectivity index (χ1n) is 12.5. The van der Waals surface area contributed by atoms with Crippen LogP contribution in [-0.4, -0.2) is 44.3 Å². The molecule has 0 spiro atoms. The summed E-state index contributed by atoms with van der Waals surface area (Å²) < 4.78 is 28.9. The number of aryl methyl sites for hydroxylation is 3. The fraction of sp³-hybridized carbons (Fsp3) is 0.310. The number of hydrogen-bond acceptors (Lipinski definition) is 4. The van der Waals surface area contributed by atoms with Crippen molar-refractivity contribution in [2.45, 2.75) is 52.1 Å². The maximum Gasteiger partial charge on any atom is 0.264 e. The van der Waals surface area contributed by atoms with Crippen LogP contribution in [0, 0.1) is 20.8 Å². The number of hydrogen-bond donors (Lipinski definition) is 1. The number of benzene rings is 3. The van der Waals surface area contributed by atoms with Crippen molar-refractivity contribution in [2.75, 3.05) is 17.4 Å². The van der Waals surface area contributed by atoms with Crippen LogP contribution in [0.15, 0.2) is 65.6 Å². The monoisotopic (exact) mass is 589 g/mol. The van der Waals surface area contributed by atoms with Gasteiger partial charge < -0.3 is 10.2 Å². The Labute approximate surface area is 240 Å². The predicted octanol–water partition coefficient (Wildman–Crippen LogP) is 5.67. The fourth-order valence-electron chi connectivity index (χ4n) is 4.20. The summed E-state index contributed by atoms with van der Waals surface area (Å²) in [5, 5.41) is 3.41. The summed E-state index contributed by atoms with van der Waals surface area (Å²) in [5.74, 6) is -0.903. The second kappa shape index (κ2) is 12.9. The van der Waals surface area contributed by atoms with Crippen LogP contribution in [0.25, 0.3) is 0 Å². The van der Waals surface area contributed by atoms with Gasteiger partial charge in [0.2, 0.25) is 11.8 Å². The Kier molecular flexibility index (Phi) is 10.0. The van der Waals surface area contributed by atoms with Gasteiger partial charge >= 0.3 is 0 Å². The van der Waals surface area contributed by atoms with E-state index in [2.05, 4.69) is 5.32 Å². The van der Waals surface area contributed by atoms with Crippen LogP contribution in [0.5, 0.6) is 0 Å². The smallest absolute Gasteiger partial charge is 0.264 e. The number of carbonyl (C=O) groups is 2. The van der Waals surface area contributed by atoms with Crippen LogP contribution in [0.2, 0.25) is 10.0 Å². The second-order valence-corrected chi connectivity index (χ2v) is 12.2. The molecule has 39 heavy (non-hydrogen) atoms. The largest absolute Gasteiger partial charge is 0.355 e. The highest BCUT2D eigenvalue weighted by molar-refractivity contribution is 7.92. The first kappa shape index (κ1) is 30.5. The summed E-state index contributed by atoms with van der Waals surface area (Å²) in [6.07, 6.45) is 0. The molecule has 0 unspecified atom stereocenters. The van der Waals surface area contributed by atoms with Gasteiger partial charge in [0.05, 0.1) is 20.6 Å².